The number of nitrogens with zero attached hydrogens (tertiary/aromatic N) is 2. The molecule has 0 aliphatic heterocycles. The maximum absolute atomic E-state index is 13.1. The van der Waals surface area contributed by atoms with Crippen LogP contribution in [0.1, 0.15) is 5.69 Å². The van der Waals surface area contributed by atoms with Crippen molar-refractivity contribution in [1.29, 1.82) is 0 Å². The molecule has 3 nitrogen and oxygen atoms in total. The van der Waals surface area contributed by atoms with Gasteiger partial charge in [-0.3, -0.25) is 0 Å². The minimum absolute atomic E-state index is 0.285. The number of ether oxygens (including phenoxy) is 1. The average Bonchev–Trinajstić information content (AvgIpc) is 2.28. The van der Waals surface area contributed by atoms with Crippen molar-refractivity contribution in [2.45, 2.75) is 6.92 Å². The van der Waals surface area contributed by atoms with Gasteiger partial charge in [0.1, 0.15) is 5.82 Å². The lowest BCUT2D eigenvalue weighted by molar-refractivity contribution is 0.379. The van der Waals surface area contributed by atoms with Crippen LogP contribution in [0.5, 0.6) is 6.01 Å². The van der Waals surface area contributed by atoms with Crippen LogP contribution in [-0.2, 0) is 0 Å². The molecule has 0 spiro atoms. The number of hydrogen-bond acceptors (Lipinski definition) is 3. The molecule has 0 saturated heterocycles. The molecule has 0 radical (unpaired) electrons. The summed E-state index contributed by atoms with van der Waals surface area (Å²) in [5, 5.41) is 0. The molecule has 0 aliphatic carbocycles. The molecular weight excluding hydrogens is 207 g/mol. The van der Waals surface area contributed by atoms with Gasteiger partial charge in [-0.25, -0.2) is 9.37 Å². The van der Waals surface area contributed by atoms with E-state index in [1.54, 1.807) is 18.2 Å². The predicted octanol–water partition coefficient (Wildman–Crippen LogP) is 2.60. The highest BCUT2D eigenvalue weighted by molar-refractivity contribution is 5.59. The Hall–Kier alpha value is -1.97. The average molecular weight is 218 g/mol. The standard InChI is InChI=1S/C12H11FN2O/c1-8-6-11(15-12(14-8)16-2)9-4-3-5-10(13)7-9/h3-7H,1-2H3. The van der Waals surface area contributed by atoms with Crippen LogP contribution in [0.25, 0.3) is 11.3 Å². The third-order valence-corrected chi connectivity index (χ3v) is 2.14. The number of benzene rings is 1. The maximum Gasteiger partial charge on any atom is 0.316 e. The van der Waals surface area contributed by atoms with E-state index in [0.717, 1.165) is 5.69 Å². The van der Waals surface area contributed by atoms with Crippen LogP contribution >= 0.6 is 0 Å². The quantitative estimate of drug-likeness (QED) is 0.777. The van der Waals surface area contributed by atoms with Crippen molar-refractivity contribution in [2.24, 2.45) is 0 Å². The molecule has 0 fully saturated rings. The Morgan fingerprint density at radius 3 is 2.69 bits per heavy atom. The second kappa shape index (κ2) is 4.26. The molecule has 0 aliphatic rings. The van der Waals surface area contributed by atoms with E-state index in [9.17, 15) is 4.39 Å². The van der Waals surface area contributed by atoms with Crippen molar-refractivity contribution in [3.63, 3.8) is 0 Å². The summed E-state index contributed by atoms with van der Waals surface area (Å²) in [6.07, 6.45) is 0. The van der Waals surface area contributed by atoms with E-state index in [2.05, 4.69) is 9.97 Å². The zero-order valence-corrected chi connectivity index (χ0v) is 9.07. The Kier molecular flexibility index (Phi) is 2.81. The zero-order valence-electron chi connectivity index (χ0n) is 9.07. The molecule has 1 aromatic heterocycles. The molecule has 0 unspecified atom stereocenters. The summed E-state index contributed by atoms with van der Waals surface area (Å²) in [6, 6.07) is 8.35. The van der Waals surface area contributed by atoms with Crippen molar-refractivity contribution in [2.75, 3.05) is 7.11 Å². The van der Waals surface area contributed by atoms with Gasteiger partial charge in [-0.05, 0) is 25.1 Å². The Labute approximate surface area is 92.9 Å². The van der Waals surface area contributed by atoms with Crippen LogP contribution < -0.4 is 4.74 Å². The Bertz CT molecular complexity index is 514. The van der Waals surface area contributed by atoms with Crippen LogP contribution in [0.15, 0.2) is 30.3 Å². The van der Waals surface area contributed by atoms with Crippen LogP contribution in [0, 0.1) is 12.7 Å². The first-order valence-corrected chi connectivity index (χ1v) is 4.84. The van der Waals surface area contributed by atoms with Crippen molar-refractivity contribution < 1.29 is 9.13 Å². The van der Waals surface area contributed by atoms with E-state index < -0.39 is 0 Å². The van der Waals surface area contributed by atoms with Gasteiger partial charge in [-0.2, -0.15) is 4.98 Å². The van der Waals surface area contributed by atoms with E-state index in [1.165, 1.54) is 19.2 Å². The van der Waals surface area contributed by atoms with E-state index in [0.29, 0.717) is 17.3 Å². The lowest BCUT2D eigenvalue weighted by Gasteiger charge is -2.04. The van der Waals surface area contributed by atoms with Gasteiger partial charge in [-0.1, -0.05) is 12.1 Å². The number of hydrogen-bond donors (Lipinski definition) is 0. The van der Waals surface area contributed by atoms with Crippen LogP contribution in [0.3, 0.4) is 0 Å². The van der Waals surface area contributed by atoms with Gasteiger partial charge < -0.3 is 4.74 Å². The molecule has 1 heterocycles. The molecule has 0 N–H and O–H groups in total. The summed E-state index contributed by atoms with van der Waals surface area (Å²) in [4.78, 5) is 8.24. The minimum Gasteiger partial charge on any atom is -0.467 e. The normalized spacial score (nSPS) is 10.2. The molecular formula is C12H11FN2O. The van der Waals surface area contributed by atoms with E-state index in [1.807, 2.05) is 6.92 Å². The third-order valence-electron chi connectivity index (χ3n) is 2.14. The van der Waals surface area contributed by atoms with Crippen LogP contribution in [0.4, 0.5) is 4.39 Å². The van der Waals surface area contributed by atoms with Gasteiger partial charge in [0.15, 0.2) is 0 Å². The topological polar surface area (TPSA) is 35.0 Å². The Morgan fingerprint density at radius 1 is 1.19 bits per heavy atom. The Balaban J connectivity index is 2.51. The number of rotatable bonds is 2. The summed E-state index contributed by atoms with van der Waals surface area (Å²) in [7, 11) is 1.50. The summed E-state index contributed by atoms with van der Waals surface area (Å²) in [5.74, 6) is -0.285. The SMILES string of the molecule is COc1nc(C)cc(-c2cccc(F)c2)n1. The Morgan fingerprint density at radius 2 is 2.00 bits per heavy atom. The van der Waals surface area contributed by atoms with Crippen molar-refractivity contribution in [1.82, 2.24) is 9.97 Å². The first-order valence-electron chi connectivity index (χ1n) is 4.84. The van der Waals surface area contributed by atoms with Gasteiger partial charge in [0.2, 0.25) is 0 Å². The van der Waals surface area contributed by atoms with Crippen molar-refractivity contribution in [3.8, 4) is 17.3 Å². The fourth-order valence-corrected chi connectivity index (χ4v) is 1.43. The maximum atomic E-state index is 13.1. The number of aromatic nitrogens is 2. The summed E-state index contributed by atoms with van der Waals surface area (Å²) in [5.41, 5.74) is 2.15. The molecule has 0 amide bonds. The first kappa shape index (κ1) is 10.5. The minimum atomic E-state index is -0.285. The fraction of sp³-hybridized carbons (Fsp3) is 0.167. The van der Waals surface area contributed by atoms with Gasteiger partial charge in [0.25, 0.3) is 0 Å². The van der Waals surface area contributed by atoms with Crippen molar-refractivity contribution >= 4 is 0 Å². The highest BCUT2D eigenvalue weighted by Gasteiger charge is 2.05. The lowest BCUT2D eigenvalue weighted by Crippen LogP contribution is -1.96. The molecule has 0 bridgehead atoms. The number of methoxy groups -OCH3 is 1. The van der Waals surface area contributed by atoms with Crippen LogP contribution in [-0.4, -0.2) is 17.1 Å². The summed E-state index contributed by atoms with van der Waals surface area (Å²) >= 11 is 0. The monoisotopic (exact) mass is 218 g/mol. The smallest absolute Gasteiger partial charge is 0.316 e. The summed E-state index contributed by atoms with van der Waals surface area (Å²) in [6.45, 7) is 1.84. The van der Waals surface area contributed by atoms with Gasteiger partial charge in [0, 0.05) is 11.3 Å². The second-order valence-corrected chi connectivity index (χ2v) is 3.39. The van der Waals surface area contributed by atoms with E-state index in [4.69, 9.17) is 4.74 Å². The summed E-state index contributed by atoms with van der Waals surface area (Å²) < 4.78 is 18.0. The third kappa shape index (κ3) is 2.16. The largest absolute Gasteiger partial charge is 0.467 e. The highest BCUT2D eigenvalue weighted by atomic mass is 19.1. The van der Waals surface area contributed by atoms with E-state index in [-0.39, 0.29) is 5.82 Å². The molecule has 4 heteroatoms. The number of aryl methyl sites for hydroxylation is 1. The van der Waals surface area contributed by atoms with Gasteiger partial charge >= 0.3 is 6.01 Å². The molecule has 16 heavy (non-hydrogen) atoms. The zero-order chi connectivity index (χ0) is 11.5. The predicted molar refractivity (Wildman–Crippen MR) is 58.7 cm³/mol. The van der Waals surface area contributed by atoms with Gasteiger partial charge in [0.05, 0.1) is 12.8 Å². The van der Waals surface area contributed by atoms with Crippen molar-refractivity contribution in [3.05, 3.63) is 41.8 Å². The van der Waals surface area contributed by atoms with Gasteiger partial charge in [-0.15, -0.1) is 0 Å². The molecule has 1 aromatic carbocycles. The first-order chi connectivity index (χ1) is 7.69. The number of halogens is 1. The molecule has 82 valence electrons. The molecule has 0 saturated carbocycles. The van der Waals surface area contributed by atoms with Crippen LogP contribution in [0.2, 0.25) is 0 Å². The molecule has 2 aromatic rings. The lowest BCUT2D eigenvalue weighted by atomic mass is 10.1. The molecule has 0 atom stereocenters. The second-order valence-electron chi connectivity index (χ2n) is 3.39. The fourth-order valence-electron chi connectivity index (χ4n) is 1.43. The molecule has 2 rings (SSSR count). The van der Waals surface area contributed by atoms with E-state index >= 15 is 0 Å². The highest BCUT2D eigenvalue weighted by Crippen LogP contribution is 2.20.